The second-order valence-electron chi connectivity index (χ2n) is 6.52. The Labute approximate surface area is 151 Å². The molecule has 140 valence electrons. The maximum Gasteiger partial charge on any atom is 0.326 e. The molecule has 0 bridgehead atoms. The van der Waals surface area contributed by atoms with Crippen LogP contribution in [0.2, 0.25) is 0 Å². The summed E-state index contributed by atoms with van der Waals surface area (Å²) in [6.45, 7) is 0.435. The number of benzene rings is 1. The van der Waals surface area contributed by atoms with E-state index < -0.39 is 17.9 Å². The second-order valence-corrected chi connectivity index (χ2v) is 6.52. The molecule has 3 unspecified atom stereocenters. The predicted octanol–water partition coefficient (Wildman–Crippen LogP) is 0.749. The third-order valence-corrected chi connectivity index (χ3v) is 5.01. The Morgan fingerprint density at radius 1 is 1.19 bits per heavy atom. The van der Waals surface area contributed by atoms with Crippen molar-refractivity contribution in [2.24, 2.45) is 5.92 Å². The highest BCUT2D eigenvalue weighted by Gasteiger charge is 2.45. The van der Waals surface area contributed by atoms with Crippen molar-refractivity contribution in [3.63, 3.8) is 0 Å². The fourth-order valence-electron chi connectivity index (χ4n) is 3.64. The number of carboxylic acids is 1. The Kier molecular flexibility index (Phi) is 5.13. The number of carbonyl (C=O) groups is 3. The highest BCUT2D eigenvalue weighted by Crippen LogP contribution is 2.34. The number of hydrogen-bond donors (Lipinski definition) is 1. The number of nitrogens with zero attached hydrogens (tertiary/aromatic N) is 2. The first-order chi connectivity index (χ1) is 12.5. The van der Waals surface area contributed by atoms with Gasteiger partial charge in [0.15, 0.2) is 0 Å². The van der Waals surface area contributed by atoms with Crippen molar-refractivity contribution in [1.29, 1.82) is 0 Å². The Bertz CT molecular complexity index is 721. The summed E-state index contributed by atoms with van der Waals surface area (Å²) >= 11 is 0. The Morgan fingerprint density at radius 3 is 2.58 bits per heavy atom. The van der Waals surface area contributed by atoms with E-state index in [9.17, 15) is 19.5 Å². The van der Waals surface area contributed by atoms with Crippen molar-refractivity contribution in [2.75, 3.05) is 32.2 Å². The first-order valence-electron chi connectivity index (χ1n) is 8.45. The van der Waals surface area contributed by atoms with E-state index in [0.717, 1.165) is 0 Å². The average Bonchev–Trinajstić information content (AvgIpc) is 3.25. The maximum atomic E-state index is 12.9. The van der Waals surface area contributed by atoms with E-state index in [-0.39, 0.29) is 43.8 Å². The summed E-state index contributed by atoms with van der Waals surface area (Å²) in [5, 5.41) is 9.40. The minimum Gasteiger partial charge on any atom is -0.495 e. The molecular weight excluding hydrogens is 340 g/mol. The van der Waals surface area contributed by atoms with Crippen LogP contribution in [0.5, 0.6) is 5.75 Å². The zero-order chi connectivity index (χ0) is 18.8. The topological polar surface area (TPSA) is 96.4 Å². The van der Waals surface area contributed by atoms with Gasteiger partial charge in [0.05, 0.1) is 24.8 Å². The minimum absolute atomic E-state index is 0.0529. The molecule has 3 atom stereocenters. The van der Waals surface area contributed by atoms with Crippen LogP contribution in [0, 0.1) is 5.92 Å². The predicted molar refractivity (Wildman–Crippen MR) is 92.0 cm³/mol. The van der Waals surface area contributed by atoms with Gasteiger partial charge in [0, 0.05) is 33.0 Å². The highest BCUT2D eigenvalue weighted by atomic mass is 16.5. The largest absolute Gasteiger partial charge is 0.495 e. The molecule has 26 heavy (non-hydrogen) atoms. The van der Waals surface area contributed by atoms with Crippen molar-refractivity contribution >= 4 is 23.5 Å². The molecule has 0 radical (unpaired) electrons. The molecule has 0 aliphatic carbocycles. The summed E-state index contributed by atoms with van der Waals surface area (Å²) in [5.41, 5.74) is 0.612. The Balaban J connectivity index is 1.77. The number of hydrogen-bond acceptors (Lipinski definition) is 5. The van der Waals surface area contributed by atoms with E-state index in [1.165, 1.54) is 24.0 Å². The number of carbonyl (C=O) groups excluding carboxylic acids is 2. The Hall–Kier alpha value is -2.61. The van der Waals surface area contributed by atoms with E-state index in [1.54, 1.807) is 24.3 Å². The van der Waals surface area contributed by atoms with Crippen LogP contribution in [0.3, 0.4) is 0 Å². The SMILES string of the molecule is COc1ccccc1N1CC(C(=O)N2CC(OC)CC2C(=O)O)CC1=O. The van der Waals surface area contributed by atoms with Crippen molar-refractivity contribution in [3.8, 4) is 5.75 Å². The first-order valence-corrected chi connectivity index (χ1v) is 8.45. The number of amides is 2. The van der Waals surface area contributed by atoms with Gasteiger partial charge in [-0.1, -0.05) is 12.1 Å². The fourth-order valence-corrected chi connectivity index (χ4v) is 3.64. The minimum atomic E-state index is -1.05. The molecule has 0 spiro atoms. The molecule has 0 aromatic heterocycles. The van der Waals surface area contributed by atoms with Crippen LogP contribution >= 0.6 is 0 Å². The summed E-state index contributed by atoms with van der Waals surface area (Å²) in [7, 11) is 3.02. The number of aliphatic carboxylic acids is 1. The summed E-state index contributed by atoms with van der Waals surface area (Å²) in [4.78, 5) is 39.7. The van der Waals surface area contributed by atoms with Gasteiger partial charge in [0.2, 0.25) is 11.8 Å². The van der Waals surface area contributed by atoms with Crippen LogP contribution in [0.4, 0.5) is 5.69 Å². The van der Waals surface area contributed by atoms with Crippen molar-refractivity contribution < 1.29 is 29.0 Å². The van der Waals surface area contributed by atoms with Crippen LogP contribution in [-0.4, -0.2) is 67.2 Å². The number of methoxy groups -OCH3 is 2. The zero-order valence-corrected chi connectivity index (χ0v) is 14.8. The van der Waals surface area contributed by atoms with E-state index in [1.807, 2.05) is 0 Å². The molecule has 2 heterocycles. The summed E-state index contributed by atoms with van der Waals surface area (Å²) in [6.07, 6.45) is 0.00808. The lowest BCUT2D eigenvalue weighted by Crippen LogP contribution is -2.44. The van der Waals surface area contributed by atoms with Gasteiger partial charge in [-0.05, 0) is 12.1 Å². The fraction of sp³-hybridized carbons (Fsp3) is 0.500. The number of carboxylic acid groups (broad SMARTS) is 1. The molecule has 1 aromatic rings. The third-order valence-electron chi connectivity index (χ3n) is 5.01. The summed E-state index contributed by atoms with van der Waals surface area (Å²) in [5.74, 6) is -1.57. The monoisotopic (exact) mass is 362 g/mol. The number of rotatable bonds is 5. The number of likely N-dealkylation sites (tertiary alicyclic amines) is 1. The van der Waals surface area contributed by atoms with E-state index >= 15 is 0 Å². The van der Waals surface area contributed by atoms with Crippen LogP contribution in [0.25, 0.3) is 0 Å². The summed E-state index contributed by atoms with van der Waals surface area (Å²) in [6, 6.07) is 6.20. The molecule has 2 saturated heterocycles. The standard InChI is InChI=1S/C18H22N2O6/c1-25-12-8-14(18(23)24)20(10-12)17(22)11-7-16(21)19(9-11)13-5-3-4-6-15(13)26-2/h3-6,11-12,14H,7-10H2,1-2H3,(H,23,24). The second kappa shape index (κ2) is 7.33. The number of anilines is 1. The molecule has 2 fully saturated rings. The summed E-state index contributed by atoms with van der Waals surface area (Å²) < 4.78 is 10.5. The molecule has 2 aliphatic rings. The van der Waals surface area contributed by atoms with Gasteiger partial charge in [-0.2, -0.15) is 0 Å². The van der Waals surface area contributed by atoms with Gasteiger partial charge in [0.25, 0.3) is 0 Å². The van der Waals surface area contributed by atoms with Crippen molar-refractivity contribution in [3.05, 3.63) is 24.3 Å². The normalized spacial score (nSPS) is 25.6. The molecule has 3 rings (SSSR count). The molecule has 2 aliphatic heterocycles. The quantitative estimate of drug-likeness (QED) is 0.830. The van der Waals surface area contributed by atoms with Gasteiger partial charge in [0.1, 0.15) is 11.8 Å². The van der Waals surface area contributed by atoms with Crippen molar-refractivity contribution in [1.82, 2.24) is 4.90 Å². The zero-order valence-electron chi connectivity index (χ0n) is 14.8. The van der Waals surface area contributed by atoms with Crippen LogP contribution < -0.4 is 9.64 Å². The van der Waals surface area contributed by atoms with E-state index in [0.29, 0.717) is 11.4 Å². The maximum absolute atomic E-state index is 12.9. The number of ether oxygens (including phenoxy) is 2. The molecule has 1 aromatic carbocycles. The van der Waals surface area contributed by atoms with E-state index in [4.69, 9.17) is 9.47 Å². The van der Waals surface area contributed by atoms with Crippen molar-refractivity contribution in [2.45, 2.75) is 25.0 Å². The first kappa shape index (κ1) is 18.2. The molecular formula is C18H22N2O6. The lowest BCUT2D eigenvalue weighted by atomic mass is 10.1. The van der Waals surface area contributed by atoms with Gasteiger partial charge in [-0.3, -0.25) is 9.59 Å². The molecule has 0 saturated carbocycles. The van der Waals surface area contributed by atoms with Gasteiger partial charge >= 0.3 is 5.97 Å². The van der Waals surface area contributed by atoms with Crippen LogP contribution in [0.1, 0.15) is 12.8 Å². The van der Waals surface area contributed by atoms with Gasteiger partial charge < -0.3 is 24.4 Å². The smallest absolute Gasteiger partial charge is 0.326 e. The third kappa shape index (κ3) is 3.24. The molecule has 2 amide bonds. The lowest BCUT2D eigenvalue weighted by Gasteiger charge is -2.25. The average molecular weight is 362 g/mol. The molecule has 1 N–H and O–H groups in total. The molecule has 8 nitrogen and oxygen atoms in total. The van der Waals surface area contributed by atoms with Gasteiger partial charge in [-0.15, -0.1) is 0 Å². The van der Waals surface area contributed by atoms with Gasteiger partial charge in [-0.25, -0.2) is 4.79 Å². The lowest BCUT2D eigenvalue weighted by molar-refractivity contribution is -0.149. The molecule has 8 heteroatoms. The Morgan fingerprint density at radius 2 is 1.92 bits per heavy atom. The van der Waals surface area contributed by atoms with Crippen LogP contribution in [-0.2, 0) is 19.1 Å². The highest BCUT2D eigenvalue weighted by molar-refractivity contribution is 6.01. The van der Waals surface area contributed by atoms with E-state index in [2.05, 4.69) is 0 Å². The van der Waals surface area contributed by atoms with Crippen LogP contribution in [0.15, 0.2) is 24.3 Å². The number of para-hydroxylation sites is 2.